The van der Waals surface area contributed by atoms with E-state index >= 15 is 0 Å². The molecule has 0 rings (SSSR count). The number of aldehydes is 2. The Balaban J connectivity index is 0. The fourth-order valence-electron chi connectivity index (χ4n) is 0.0321. The quantitative estimate of drug-likeness (QED) is 0.250. The summed E-state index contributed by atoms with van der Waals surface area (Å²) in [4.78, 5) is 18.3. The second kappa shape index (κ2) is 6.82. The van der Waals surface area contributed by atoms with Crippen LogP contribution in [0.3, 0.4) is 0 Å². The van der Waals surface area contributed by atoms with Crippen molar-refractivity contribution in [2.45, 2.75) is 4.83 Å². The number of alkyl halides is 1. The van der Waals surface area contributed by atoms with Crippen molar-refractivity contribution in [3.8, 4) is 0 Å². The third kappa shape index (κ3) is 6.82. The molecule has 1 radical (unpaired) electrons. The molecule has 4 heteroatoms. The van der Waals surface area contributed by atoms with Gasteiger partial charge in [-0.15, -0.1) is 0 Å². The average Bonchev–Trinajstić information content (AvgIpc) is 1.65. The Kier molecular flexibility index (Phi) is 10.5. The van der Waals surface area contributed by atoms with Crippen LogP contribution < -0.4 is 0 Å². The third-order valence-electron chi connectivity index (χ3n) is 0.260. The van der Waals surface area contributed by atoms with Gasteiger partial charge >= 0.3 is 0 Å². The Morgan fingerprint density at radius 3 is 1.57 bits per heavy atom. The van der Waals surface area contributed by atoms with E-state index in [1.165, 1.54) is 0 Å². The second-order valence-electron chi connectivity index (χ2n) is 0.717. The summed E-state index contributed by atoms with van der Waals surface area (Å²) in [6, 6.07) is 0. The number of carbonyl (C=O) groups is 2. The van der Waals surface area contributed by atoms with Gasteiger partial charge in [-0.05, 0) is 0 Å². The predicted octanol–water partition coefficient (Wildman–Crippen LogP) is -0.233. The summed E-state index contributed by atoms with van der Waals surface area (Å²) in [5.74, 6) is 0. The van der Waals surface area contributed by atoms with E-state index in [1.807, 2.05) is 0 Å². The molecule has 0 unspecified atom stereocenters. The first-order valence-electron chi connectivity index (χ1n) is 1.36. The summed E-state index contributed by atoms with van der Waals surface area (Å²) < 4.78 is 0. The van der Waals surface area contributed by atoms with Crippen LogP contribution >= 0.6 is 15.9 Å². The monoisotopic (exact) mass is 173 g/mol. The van der Waals surface area contributed by atoms with Crippen molar-refractivity contribution in [3.05, 3.63) is 0 Å². The summed E-state index contributed by atoms with van der Waals surface area (Å²) >= 11 is 2.74. The van der Waals surface area contributed by atoms with Gasteiger partial charge in [0.1, 0.15) is 17.4 Å². The van der Waals surface area contributed by atoms with Crippen molar-refractivity contribution in [3.63, 3.8) is 0 Å². The van der Waals surface area contributed by atoms with Crippen molar-refractivity contribution < 1.29 is 9.59 Å². The Hall–Kier alpha value is 0.820. The first kappa shape index (κ1) is 10.7. The van der Waals surface area contributed by atoms with E-state index in [-0.39, 0.29) is 29.6 Å². The van der Waals surface area contributed by atoms with Gasteiger partial charge in [-0.3, -0.25) is 0 Å². The van der Waals surface area contributed by atoms with Gasteiger partial charge in [0.15, 0.2) is 0 Å². The minimum atomic E-state index is -0.613. The summed E-state index contributed by atoms with van der Waals surface area (Å²) in [6.45, 7) is 0. The molecule has 0 aromatic carbocycles. The van der Waals surface area contributed by atoms with Crippen molar-refractivity contribution in [2.24, 2.45) is 0 Å². The molecule has 0 fully saturated rings. The fraction of sp³-hybridized carbons (Fsp3) is 0.333. The molecule has 0 bridgehead atoms. The molecule has 0 aromatic heterocycles. The zero-order valence-electron chi connectivity index (χ0n) is 3.93. The Morgan fingerprint density at radius 1 is 1.29 bits per heavy atom. The van der Waals surface area contributed by atoms with Crippen molar-refractivity contribution in [1.29, 1.82) is 0 Å². The fourth-order valence-corrected chi connectivity index (χ4v) is 0.0321. The standard InChI is InChI=1S/C3H3BrO2.Na/c4-3(1-5)2-6;/h1-3H;. The first-order valence-corrected chi connectivity index (χ1v) is 2.27. The molecule has 0 aromatic rings. The van der Waals surface area contributed by atoms with Gasteiger partial charge in [-0.1, -0.05) is 15.9 Å². The number of hydrogen-bond acceptors (Lipinski definition) is 2. The van der Waals surface area contributed by atoms with Gasteiger partial charge in [0.25, 0.3) is 0 Å². The molecule has 0 N–H and O–H groups in total. The first-order chi connectivity index (χ1) is 2.81. The number of carbonyl (C=O) groups excluding carboxylic acids is 2. The normalized spacial score (nSPS) is 7.14. The van der Waals surface area contributed by atoms with Crippen molar-refractivity contribution in [1.82, 2.24) is 0 Å². The van der Waals surface area contributed by atoms with E-state index in [0.29, 0.717) is 12.6 Å². The predicted molar refractivity (Wildman–Crippen MR) is 30.6 cm³/mol. The molecule has 35 valence electrons. The van der Waals surface area contributed by atoms with Crippen LogP contribution in [0.2, 0.25) is 0 Å². The third-order valence-corrected chi connectivity index (χ3v) is 0.692. The van der Waals surface area contributed by atoms with Gasteiger partial charge in [-0.25, -0.2) is 0 Å². The maximum Gasteiger partial charge on any atom is 0.140 e. The van der Waals surface area contributed by atoms with Crippen molar-refractivity contribution >= 4 is 58.1 Å². The van der Waals surface area contributed by atoms with Crippen LogP contribution in [0.25, 0.3) is 0 Å². The molecule has 0 saturated carbocycles. The molecule has 0 aliphatic rings. The number of hydrogen-bond donors (Lipinski definition) is 0. The molecule has 2 nitrogen and oxygen atoms in total. The van der Waals surface area contributed by atoms with Crippen LogP contribution in [-0.2, 0) is 9.59 Å². The summed E-state index contributed by atoms with van der Waals surface area (Å²) in [6.07, 6.45) is 1.04. The van der Waals surface area contributed by atoms with E-state index in [0.717, 1.165) is 0 Å². The molecule has 0 spiro atoms. The van der Waals surface area contributed by atoms with E-state index in [4.69, 9.17) is 0 Å². The van der Waals surface area contributed by atoms with E-state index < -0.39 is 4.83 Å². The Labute approximate surface area is 72.1 Å². The van der Waals surface area contributed by atoms with Crippen LogP contribution in [0.1, 0.15) is 0 Å². The van der Waals surface area contributed by atoms with Gasteiger partial charge in [0, 0.05) is 29.6 Å². The molecule has 0 amide bonds. The molecule has 0 saturated heterocycles. The summed E-state index contributed by atoms with van der Waals surface area (Å²) in [5, 5.41) is 0. The smallest absolute Gasteiger partial charge is 0.140 e. The molecular weight excluding hydrogens is 171 g/mol. The van der Waals surface area contributed by atoms with E-state index in [2.05, 4.69) is 15.9 Å². The number of rotatable bonds is 2. The summed E-state index contributed by atoms with van der Waals surface area (Å²) in [5.41, 5.74) is 0. The van der Waals surface area contributed by atoms with E-state index in [1.54, 1.807) is 0 Å². The molecule has 7 heavy (non-hydrogen) atoms. The van der Waals surface area contributed by atoms with Crippen molar-refractivity contribution in [2.75, 3.05) is 0 Å². The Morgan fingerprint density at radius 2 is 1.57 bits per heavy atom. The molecular formula is C3H3BrNaO2. The van der Waals surface area contributed by atoms with E-state index in [9.17, 15) is 9.59 Å². The molecule has 0 aliphatic heterocycles. The zero-order valence-corrected chi connectivity index (χ0v) is 7.51. The largest absolute Gasteiger partial charge is 0.302 e. The van der Waals surface area contributed by atoms with Gasteiger partial charge in [-0.2, -0.15) is 0 Å². The maximum atomic E-state index is 9.46. The van der Waals surface area contributed by atoms with Crippen LogP contribution in [0.4, 0.5) is 0 Å². The molecule has 0 heterocycles. The average molecular weight is 174 g/mol. The maximum absolute atomic E-state index is 9.46. The summed E-state index contributed by atoms with van der Waals surface area (Å²) in [7, 11) is 0. The van der Waals surface area contributed by atoms with Crippen LogP contribution in [0, 0.1) is 0 Å². The minimum absolute atomic E-state index is 0. The van der Waals surface area contributed by atoms with Crippen LogP contribution in [0.15, 0.2) is 0 Å². The number of halogens is 1. The van der Waals surface area contributed by atoms with Crippen LogP contribution in [0.5, 0.6) is 0 Å². The minimum Gasteiger partial charge on any atom is -0.302 e. The SMILES string of the molecule is O=CC(Br)C=O.[Na]. The topological polar surface area (TPSA) is 34.1 Å². The Bertz CT molecular complexity index is 58.0. The van der Waals surface area contributed by atoms with Gasteiger partial charge in [0.2, 0.25) is 0 Å². The van der Waals surface area contributed by atoms with Gasteiger partial charge in [0.05, 0.1) is 0 Å². The molecule has 0 atom stereocenters. The molecule has 0 aliphatic carbocycles. The van der Waals surface area contributed by atoms with Gasteiger partial charge < -0.3 is 9.59 Å². The second-order valence-corrected chi connectivity index (χ2v) is 1.77. The zero-order chi connectivity index (χ0) is 4.99. The van der Waals surface area contributed by atoms with Crippen LogP contribution in [-0.4, -0.2) is 47.0 Å².